The van der Waals surface area contributed by atoms with E-state index in [2.05, 4.69) is 10.2 Å². The van der Waals surface area contributed by atoms with E-state index in [1.165, 1.54) is 0 Å². The quantitative estimate of drug-likeness (QED) is 0.236. The van der Waals surface area contributed by atoms with E-state index in [1.54, 1.807) is 65.8 Å². The highest BCUT2D eigenvalue weighted by atomic mass is 16.9. The summed E-state index contributed by atoms with van der Waals surface area (Å²) in [5.41, 5.74) is -0.270. The van der Waals surface area contributed by atoms with E-state index in [0.717, 1.165) is 0 Å². The lowest BCUT2D eigenvalue weighted by atomic mass is 10.1. The first-order valence-electron chi connectivity index (χ1n) is 10.4. The molecule has 0 spiro atoms. The van der Waals surface area contributed by atoms with Crippen molar-refractivity contribution in [2.24, 2.45) is 0 Å². The molecule has 0 heterocycles. The molecule has 1 rings (SSSR count). The Balaban J connectivity index is 2.62. The van der Waals surface area contributed by atoms with Crippen LogP contribution in [0.4, 0.5) is 4.79 Å². The topological polar surface area (TPSA) is 143 Å². The molecule has 11 heteroatoms. The fraction of sp³-hybridized carbons (Fsp3) is 0.591. The smallest absolute Gasteiger partial charge is 0.408 e. The highest BCUT2D eigenvalue weighted by molar-refractivity contribution is 5.82. The predicted octanol–water partition coefficient (Wildman–Crippen LogP) is 3.45. The first-order valence-corrected chi connectivity index (χ1v) is 10.4. The molecule has 0 aromatic heterocycles. The Labute approximate surface area is 192 Å². The van der Waals surface area contributed by atoms with Crippen LogP contribution in [-0.4, -0.2) is 40.4 Å². The molecule has 0 unspecified atom stereocenters. The second-order valence-electron chi connectivity index (χ2n) is 9.25. The maximum absolute atomic E-state index is 12.5. The zero-order valence-electron chi connectivity index (χ0n) is 19.8. The van der Waals surface area contributed by atoms with Crippen molar-refractivity contribution in [1.29, 1.82) is 0 Å². The molecule has 1 amide bonds. The van der Waals surface area contributed by atoms with Crippen LogP contribution in [-0.2, 0) is 41.9 Å². The van der Waals surface area contributed by atoms with Gasteiger partial charge in [-0.15, -0.1) is 10.1 Å². The normalized spacial score (nSPS) is 12.3. The molecular weight excluding hydrogens is 436 g/mol. The molecule has 0 radical (unpaired) electrons. The van der Waals surface area contributed by atoms with Gasteiger partial charge >= 0.3 is 18.0 Å². The van der Waals surface area contributed by atoms with Crippen molar-refractivity contribution in [2.75, 3.05) is 0 Å². The number of carbonyl (C=O) groups is 3. The fourth-order valence-electron chi connectivity index (χ4n) is 2.43. The number of ether oxygens (including phenoxy) is 3. The minimum absolute atomic E-state index is 0.0220. The molecule has 1 N–H and O–H groups in total. The number of nitrogens with one attached hydrogen (secondary N) is 1. The van der Waals surface area contributed by atoms with Crippen molar-refractivity contribution in [3.05, 3.63) is 45.5 Å². The Morgan fingerprint density at radius 2 is 1.45 bits per heavy atom. The minimum Gasteiger partial charge on any atom is -0.461 e. The molecule has 0 fully saturated rings. The van der Waals surface area contributed by atoms with Crippen LogP contribution in [0.5, 0.6) is 0 Å². The number of rotatable bonds is 10. The molecule has 0 bridgehead atoms. The average molecular weight is 469 g/mol. The first kappa shape index (κ1) is 27.7. The molecule has 1 aromatic rings. The van der Waals surface area contributed by atoms with E-state index >= 15 is 0 Å². The lowest BCUT2D eigenvalue weighted by molar-refractivity contribution is -0.763. The maximum Gasteiger partial charge on any atom is 0.408 e. The van der Waals surface area contributed by atoms with Crippen LogP contribution in [0.15, 0.2) is 24.3 Å². The lowest BCUT2D eigenvalue weighted by Gasteiger charge is -2.26. The van der Waals surface area contributed by atoms with Gasteiger partial charge in [-0.3, -0.25) is 4.79 Å². The summed E-state index contributed by atoms with van der Waals surface area (Å²) < 4.78 is 15.7. The molecule has 0 aliphatic heterocycles. The highest BCUT2D eigenvalue weighted by Gasteiger charge is 2.29. The Morgan fingerprint density at radius 3 is 1.94 bits per heavy atom. The summed E-state index contributed by atoms with van der Waals surface area (Å²) in [7, 11) is 0. The van der Waals surface area contributed by atoms with Gasteiger partial charge in [0.2, 0.25) is 0 Å². The second kappa shape index (κ2) is 12.0. The third kappa shape index (κ3) is 12.9. The van der Waals surface area contributed by atoms with E-state index in [9.17, 15) is 24.5 Å². The summed E-state index contributed by atoms with van der Waals surface area (Å²) >= 11 is 0. The first-order chi connectivity index (χ1) is 15.1. The molecular formula is C22H32N2O9. The summed E-state index contributed by atoms with van der Waals surface area (Å²) in [5.74, 6) is -1.26. The molecule has 0 aliphatic rings. The number of esters is 2. The summed E-state index contributed by atoms with van der Waals surface area (Å²) in [6, 6.07) is 5.46. The Bertz CT molecular complexity index is 824. The Hall–Kier alpha value is -3.37. The van der Waals surface area contributed by atoms with E-state index in [-0.39, 0.29) is 26.1 Å². The molecule has 1 aromatic carbocycles. The number of hydrogen-bond acceptors (Lipinski definition) is 9. The molecule has 33 heavy (non-hydrogen) atoms. The van der Waals surface area contributed by atoms with E-state index in [0.29, 0.717) is 11.1 Å². The molecule has 0 aliphatic carbocycles. The summed E-state index contributed by atoms with van der Waals surface area (Å²) in [6.07, 6.45) is -0.980. The molecule has 0 saturated carbocycles. The van der Waals surface area contributed by atoms with Crippen LogP contribution >= 0.6 is 0 Å². The third-order valence-electron chi connectivity index (χ3n) is 3.78. The number of hydrogen-bond donors (Lipinski definition) is 1. The molecule has 184 valence electrons. The average Bonchev–Trinajstić information content (AvgIpc) is 2.65. The van der Waals surface area contributed by atoms with Gasteiger partial charge in [-0.05, 0) is 59.1 Å². The van der Waals surface area contributed by atoms with Gasteiger partial charge in [0.1, 0.15) is 30.5 Å². The minimum atomic E-state index is -1.09. The van der Waals surface area contributed by atoms with Gasteiger partial charge < -0.3 is 24.4 Å². The van der Waals surface area contributed by atoms with Crippen LogP contribution in [0.2, 0.25) is 0 Å². The van der Waals surface area contributed by atoms with Crippen molar-refractivity contribution >= 4 is 18.0 Å². The van der Waals surface area contributed by atoms with E-state index in [4.69, 9.17) is 14.2 Å². The zero-order valence-corrected chi connectivity index (χ0v) is 19.8. The van der Waals surface area contributed by atoms with Crippen molar-refractivity contribution < 1.29 is 38.5 Å². The van der Waals surface area contributed by atoms with Gasteiger partial charge in [0, 0.05) is 6.42 Å². The molecule has 11 nitrogen and oxygen atoms in total. The Morgan fingerprint density at radius 1 is 0.939 bits per heavy atom. The summed E-state index contributed by atoms with van der Waals surface area (Å²) in [5, 5.41) is 11.8. The van der Waals surface area contributed by atoms with Gasteiger partial charge in [-0.25, -0.2) is 9.59 Å². The van der Waals surface area contributed by atoms with Crippen molar-refractivity contribution in [1.82, 2.24) is 5.32 Å². The molecule has 0 saturated heterocycles. The van der Waals surface area contributed by atoms with Gasteiger partial charge in [0.25, 0.3) is 5.09 Å². The van der Waals surface area contributed by atoms with Crippen molar-refractivity contribution in [3.63, 3.8) is 0 Å². The molecule has 1 atom stereocenters. The number of alkyl carbamates (subject to hydrolysis) is 1. The highest BCUT2D eigenvalue weighted by Crippen LogP contribution is 2.14. The van der Waals surface area contributed by atoms with Crippen LogP contribution in [0.1, 0.15) is 65.5 Å². The van der Waals surface area contributed by atoms with Gasteiger partial charge in [0.15, 0.2) is 0 Å². The second-order valence-corrected chi connectivity index (χ2v) is 9.25. The van der Waals surface area contributed by atoms with Crippen LogP contribution in [0.25, 0.3) is 0 Å². The lowest BCUT2D eigenvalue weighted by Crippen LogP contribution is -2.46. The van der Waals surface area contributed by atoms with Crippen molar-refractivity contribution in [2.45, 2.75) is 84.8 Å². The van der Waals surface area contributed by atoms with Gasteiger partial charge in [-0.2, -0.15) is 0 Å². The number of benzene rings is 1. The van der Waals surface area contributed by atoms with Crippen LogP contribution in [0, 0.1) is 10.1 Å². The summed E-state index contributed by atoms with van der Waals surface area (Å²) in [6.45, 7) is 9.95. The van der Waals surface area contributed by atoms with E-state index in [1.807, 2.05) is 0 Å². The fourth-order valence-corrected chi connectivity index (χ4v) is 2.43. The largest absolute Gasteiger partial charge is 0.461 e. The number of amides is 1. The SMILES string of the molecule is CC(C)(C)OC(=O)N[C@@H](CCC(=O)OCc1ccc(CO[N+](=O)[O-])cc1)C(=O)OC(C)(C)C. The van der Waals surface area contributed by atoms with Crippen LogP contribution in [0.3, 0.4) is 0 Å². The number of nitrogens with zero attached hydrogens (tertiary/aromatic N) is 1. The maximum atomic E-state index is 12.5. The monoisotopic (exact) mass is 468 g/mol. The zero-order chi connectivity index (χ0) is 25.2. The summed E-state index contributed by atoms with van der Waals surface area (Å²) in [4.78, 5) is 51.3. The van der Waals surface area contributed by atoms with Gasteiger partial charge in [-0.1, -0.05) is 24.3 Å². The number of carbonyl (C=O) groups excluding carboxylic acids is 3. The Kier molecular flexibility index (Phi) is 10.1. The van der Waals surface area contributed by atoms with Gasteiger partial charge in [0.05, 0.1) is 0 Å². The van der Waals surface area contributed by atoms with Crippen LogP contribution < -0.4 is 5.32 Å². The van der Waals surface area contributed by atoms with E-state index < -0.39 is 40.4 Å². The van der Waals surface area contributed by atoms with Crippen molar-refractivity contribution in [3.8, 4) is 0 Å². The standard InChI is InChI=1S/C22H32N2O9/c1-21(2,3)32-19(26)17(23-20(27)33-22(4,5)6)11-12-18(25)30-13-15-7-9-16(10-8-15)14-31-24(28)29/h7-10,17H,11-14H2,1-6H3,(H,23,27)/t17-/m0/s1. The predicted molar refractivity (Wildman–Crippen MR) is 116 cm³/mol. The third-order valence-corrected chi connectivity index (χ3v) is 3.78.